The lowest BCUT2D eigenvalue weighted by Gasteiger charge is -2.33. The van der Waals surface area contributed by atoms with Gasteiger partial charge in [-0.05, 0) is 43.9 Å². The van der Waals surface area contributed by atoms with Crippen molar-refractivity contribution in [2.75, 3.05) is 13.1 Å². The molecule has 0 aliphatic carbocycles. The summed E-state index contributed by atoms with van der Waals surface area (Å²) in [5, 5.41) is 9.05. The van der Waals surface area contributed by atoms with Crippen LogP contribution < -0.4 is 5.73 Å². The molecule has 0 bridgehead atoms. The first-order valence-corrected chi connectivity index (χ1v) is 8.63. The molecule has 1 fully saturated rings. The molecule has 1 saturated heterocycles. The minimum atomic E-state index is -3.66. The number of nitrogens with two attached hydrogens (primary N) is 1. The molecular formula is C14H18ClN3O2S. The van der Waals surface area contributed by atoms with Gasteiger partial charge in [0.25, 0.3) is 0 Å². The van der Waals surface area contributed by atoms with Gasteiger partial charge in [0, 0.05) is 19.1 Å². The highest BCUT2D eigenvalue weighted by Crippen LogP contribution is 2.29. The molecule has 7 heteroatoms. The molecule has 1 heterocycles. The molecule has 1 aromatic rings. The Morgan fingerprint density at radius 3 is 2.57 bits per heavy atom. The number of halogens is 1. The summed E-state index contributed by atoms with van der Waals surface area (Å²) in [7, 11) is -3.66. The maximum atomic E-state index is 12.7. The summed E-state index contributed by atoms with van der Waals surface area (Å²) in [6, 6.07) is 6.28. The van der Waals surface area contributed by atoms with Crippen molar-refractivity contribution in [3.8, 4) is 6.07 Å². The fourth-order valence-electron chi connectivity index (χ4n) is 2.55. The minimum Gasteiger partial charge on any atom is -0.328 e. The van der Waals surface area contributed by atoms with Gasteiger partial charge < -0.3 is 5.73 Å². The zero-order valence-electron chi connectivity index (χ0n) is 11.8. The number of rotatable bonds is 3. The maximum Gasteiger partial charge on any atom is 0.244 e. The zero-order valence-corrected chi connectivity index (χ0v) is 13.4. The second kappa shape index (κ2) is 6.32. The zero-order chi connectivity index (χ0) is 15.6. The van der Waals surface area contributed by atoms with E-state index in [4.69, 9.17) is 22.6 Å². The minimum absolute atomic E-state index is 0.00228. The molecule has 2 rings (SSSR count). The molecule has 0 amide bonds. The maximum absolute atomic E-state index is 12.7. The van der Waals surface area contributed by atoms with Crippen molar-refractivity contribution in [1.82, 2.24) is 4.31 Å². The van der Waals surface area contributed by atoms with Crippen LogP contribution in [0.1, 0.15) is 25.3 Å². The Kier molecular flexibility index (Phi) is 4.89. The summed E-state index contributed by atoms with van der Waals surface area (Å²) in [5.74, 6) is 0.345. The quantitative estimate of drug-likeness (QED) is 0.919. The van der Waals surface area contributed by atoms with Gasteiger partial charge in [-0.15, -0.1) is 0 Å². The summed E-state index contributed by atoms with van der Waals surface area (Å²) in [5.41, 5.74) is 6.15. The largest absolute Gasteiger partial charge is 0.328 e. The number of sulfonamides is 1. The monoisotopic (exact) mass is 327 g/mol. The van der Waals surface area contributed by atoms with Crippen molar-refractivity contribution < 1.29 is 8.42 Å². The molecule has 0 saturated carbocycles. The van der Waals surface area contributed by atoms with Gasteiger partial charge in [-0.25, -0.2) is 8.42 Å². The highest BCUT2D eigenvalue weighted by atomic mass is 35.5. The van der Waals surface area contributed by atoms with E-state index in [1.54, 1.807) is 0 Å². The van der Waals surface area contributed by atoms with Gasteiger partial charge >= 0.3 is 0 Å². The molecule has 0 spiro atoms. The van der Waals surface area contributed by atoms with Crippen molar-refractivity contribution in [1.29, 1.82) is 5.26 Å². The number of nitriles is 1. The molecule has 1 unspecified atom stereocenters. The molecule has 0 aromatic heterocycles. The smallest absolute Gasteiger partial charge is 0.244 e. The van der Waals surface area contributed by atoms with E-state index >= 15 is 0 Å². The fraction of sp³-hybridized carbons (Fsp3) is 0.500. The van der Waals surface area contributed by atoms with E-state index in [1.165, 1.54) is 22.5 Å². The molecule has 21 heavy (non-hydrogen) atoms. The fourth-order valence-corrected chi connectivity index (χ4v) is 4.52. The summed E-state index contributed by atoms with van der Waals surface area (Å²) >= 11 is 6.00. The van der Waals surface area contributed by atoms with Crippen molar-refractivity contribution >= 4 is 21.6 Å². The van der Waals surface area contributed by atoms with Gasteiger partial charge in [-0.3, -0.25) is 0 Å². The Labute approximate surface area is 130 Å². The molecule has 0 radical (unpaired) electrons. The molecule has 2 N–H and O–H groups in total. The van der Waals surface area contributed by atoms with E-state index in [-0.39, 0.29) is 21.5 Å². The van der Waals surface area contributed by atoms with Gasteiger partial charge in [0.15, 0.2) is 0 Å². The average molecular weight is 328 g/mol. The Balaban J connectivity index is 2.26. The number of hydrogen-bond donors (Lipinski definition) is 1. The van der Waals surface area contributed by atoms with E-state index < -0.39 is 10.0 Å². The van der Waals surface area contributed by atoms with E-state index in [0.717, 1.165) is 12.8 Å². The third-order valence-electron chi connectivity index (χ3n) is 3.92. The predicted molar refractivity (Wildman–Crippen MR) is 81.3 cm³/mol. The van der Waals surface area contributed by atoms with Crippen LogP contribution in [0.2, 0.25) is 5.02 Å². The summed E-state index contributed by atoms with van der Waals surface area (Å²) in [6.45, 7) is 2.81. The van der Waals surface area contributed by atoms with Crippen molar-refractivity contribution in [2.24, 2.45) is 11.7 Å². The highest BCUT2D eigenvalue weighted by molar-refractivity contribution is 7.89. The first kappa shape index (κ1) is 16.2. The Hall–Kier alpha value is -1.13. The van der Waals surface area contributed by atoms with Gasteiger partial charge in [-0.2, -0.15) is 9.57 Å². The molecular weight excluding hydrogens is 310 g/mol. The van der Waals surface area contributed by atoms with Crippen LogP contribution in [-0.2, 0) is 10.0 Å². The summed E-state index contributed by atoms with van der Waals surface area (Å²) in [4.78, 5) is 0.00228. The standard InChI is InChI=1S/C14H18ClN3O2S/c1-10(17)12-4-6-18(7-5-12)21(19,20)14-8-11(9-16)2-3-13(14)15/h2-3,8,10,12H,4-7,17H2,1H3. The van der Waals surface area contributed by atoms with Gasteiger partial charge in [-0.1, -0.05) is 11.6 Å². The second-order valence-electron chi connectivity index (χ2n) is 5.36. The van der Waals surface area contributed by atoms with E-state index in [9.17, 15) is 8.42 Å². The Morgan fingerprint density at radius 1 is 1.43 bits per heavy atom. The lowest BCUT2D eigenvalue weighted by molar-refractivity contribution is 0.250. The molecule has 5 nitrogen and oxygen atoms in total. The molecule has 1 atom stereocenters. The van der Waals surface area contributed by atoms with Crippen LogP contribution >= 0.6 is 11.6 Å². The van der Waals surface area contributed by atoms with Gasteiger partial charge in [0.2, 0.25) is 10.0 Å². The number of piperidine rings is 1. The third kappa shape index (κ3) is 3.38. The highest BCUT2D eigenvalue weighted by Gasteiger charge is 2.31. The first-order chi connectivity index (χ1) is 9.86. The third-order valence-corrected chi connectivity index (χ3v) is 6.30. The average Bonchev–Trinajstić information content (AvgIpc) is 2.47. The number of hydrogen-bond acceptors (Lipinski definition) is 4. The van der Waals surface area contributed by atoms with Gasteiger partial charge in [0.05, 0.1) is 16.7 Å². The van der Waals surface area contributed by atoms with E-state index in [1.807, 2.05) is 13.0 Å². The normalized spacial score (nSPS) is 19.1. The second-order valence-corrected chi connectivity index (χ2v) is 7.67. The van der Waals surface area contributed by atoms with Crippen LogP contribution in [0, 0.1) is 17.2 Å². The van der Waals surface area contributed by atoms with Crippen molar-refractivity contribution in [3.05, 3.63) is 28.8 Å². The van der Waals surface area contributed by atoms with Crippen LogP contribution in [0.15, 0.2) is 23.1 Å². The van der Waals surface area contributed by atoms with E-state index in [0.29, 0.717) is 19.0 Å². The van der Waals surface area contributed by atoms with E-state index in [2.05, 4.69) is 0 Å². The predicted octanol–water partition coefficient (Wildman–Crippen LogP) is 1.96. The number of benzene rings is 1. The first-order valence-electron chi connectivity index (χ1n) is 6.81. The lowest BCUT2D eigenvalue weighted by atomic mass is 9.92. The SMILES string of the molecule is CC(N)C1CCN(S(=O)(=O)c2cc(C#N)ccc2Cl)CC1. The lowest BCUT2D eigenvalue weighted by Crippen LogP contribution is -2.42. The Bertz CT molecular complexity index is 659. The Morgan fingerprint density at radius 2 is 2.05 bits per heavy atom. The van der Waals surface area contributed by atoms with Crippen LogP contribution in [0.5, 0.6) is 0 Å². The summed E-state index contributed by atoms with van der Waals surface area (Å²) < 4.78 is 26.7. The van der Waals surface area contributed by atoms with Crippen molar-refractivity contribution in [3.63, 3.8) is 0 Å². The molecule has 114 valence electrons. The van der Waals surface area contributed by atoms with Crippen LogP contribution in [0.4, 0.5) is 0 Å². The molecule has 1 aliphatic rings. The molecule has 1 aliphatic heterocycles. The van der Waals surface area contributed by atoms with Crippen LogP contribution in [-0.4, -0.2) is 31.9 Å². The van der Waals surface area contributed by atoms with Crippen molar-refractivity contribution in [2.45, 2.75) is 30.7 Å². The van der Waals surface area contributed by atoms with Crippen LogP contribution in [0.3, 0.4) is 0 Å². The molecule has 1 aromatic carbocycles. The number of nitrogens with zero attached hydrogens (tertiary/aromatic N) is 2. The van der Waals surface area contributed by atoms with Gasteiger partial charge in [0.1, 0.15) is 4.90 Å². The summed E-state index contributed by atoms with van der Waals surface area (Å²) in [6.07, 6.45) is 1.49. The van der Waals surface area contributed by atoms with Crippen LogP contribution in [0.25, 0.3) is 0 Å². The topological polar surface area (TPSA) is 87.2 Å².